The first-order valence-electron chi connectivity index (χ1n) is 6.53. The van der Waals surface area contributed by atoms with Gasteiger partial charge in [-0.25, -0.2) is 17.2 Å². The molecule has 0 radical (unpaired) electrons. The predicted octanol–water partition coefficient (Wildman–Crippen LogP) is 3.19. The van der Waals surface area contributed by atoms with Crippen LogP contribution in [0.25, 0.3) is 0 Å². The van der Waals surface area contributed by atoms with Crippen LogP contribution in [0.5, 0.6) is 5.75 Å². The van der Waals surface area contributed by atoms with Gasteiger partial charge < -0.3 is 4.74 Å². The van der Waals surface area contributed by atoms with E-state index in [0.29, 0.717) is 12.4 Å². The number of benzene rings is 2. The van der Waals surface area contributed by atoms with Crippen LogP contribution in [0.2, 0.25) is 0 Å². The van der Waals surface area contributed by atoms with Gasteiger partial charge in [0.15, 0.2) is 11.6 Å². The van der Waals surface area contributed by atoms with Gasteiger partial charge >= 0.3 is 0 Å². The number of nitrogens with zero attached hydrogens (tertiary/aromatic N) is 1. The highest BCUT2D eigenvalue weighted by Crippen LogP contribution is 2.25. The van der Waals surface area contributed by atoms with E-state index >= 15 is 0 Å². The minimum Gasteiger partial charge on any atom is -0.494 e. The molecule has 7 heteroatoms. The lowest BCUT2D eigenvalue weighted by Gasteiger charge is -2.19. The quantitative estimate of drug-likeness (QED) is 0.847. The second kappa shape index (κ2) is 6.31. The average molecular weight is 327 g/mol. The van der Waals surface area contributed by atoms with Crippen LogP contribution in [-0.2, 0) is 10.0 Å². The standard InChI is InChI=1S/C15H15F2NO3S/c1-3-21-12-5-7-13(8-6-12)22(19,20)18(2)11-4-9-14(16)15(17)10-11/h4-10H,3H2,1-2H3. The van der Waals surface area contributed by atoms with Gasteiger partial charge in [0.2, 0.25) is 0 Å². The highest BCUT2D eigenvalue weighted by Gasteiger charge is 2.22. The van der Waals surface area contributed by atoms with Gasteiger partial charge in [-0.15, -0.1) is 0 Å². The molecule has 0 N–H and O–H groups in total. The van der Waals surface area contributed by atoms with E-state index in [-0.39, 0.29) is 10.6 Å². The second-order valence-corrected chi connectivity index (χ2v) is 6.44. The van der Waals surface area contributed by atoms with Crippen LogP contribution >= 0.6 is 0 Å². The molecule has 0 heterocycles. The number of anilines is 1. The van der Waals surface area contributed by atoms with E-state index in [9.17, 15) is 17.2 Å². The Labute approximate surface area is 128 Å². The Morgan fingerprint density at radius 2 is 1.68 bits per heavy atom. The molecule has 2 aromatic carbocycles. The fourth-order valence-corrected chi connectivity index (χ4v) is 3.04. The third-order valence-electron chi connectivity index (χ3n) is 3.06. The molecule has 0 amide bonds. The van der Waals surface area contributed by atoms with E-state index < -0.39 is 21.7 Å². The van der Waals surface area contributed by atoms with Crippen molar-refractivity contribution in [2.24, 2.45) is 0 Å². The zero-order chi connectivity index (χ0) is 16.3. The molecule has 2 rings (SSSR count). The first kappa shape index (κ1) is 16.2. The lowest BCUT2D eigenvalue weighted by Crippen LogP contribution is -2.26. The fraction of sp³-hybridized carbons (Fsp3) is 0.200. The van der Waals surface area contributed by atoms with E-state index in [1.165, 1.54) is 37.4 Å². The van der Waals surface area contributed by atoms with E-state index in [0.717, 1.165) is 16.4 Å². The van der Waals surface area contributed by atoms with Gasteiger partial charge in [0.25, 0.3) is 10.0 Å². The topological polar surface area (TPSA) is 46.6 Å². The molecule has 0 aliphatic carbocycles. The molecule has 0 fully saturated rings. The van der Waals surface area contributed by atoms with Crippen molar-refractivity contribution in [1.82, 2.24) is 0 Å². The molecular formula is C15H15F2NO3S. The summed E-state index contributed by atoms with van der Waals surface area (Å²) in [6.07, 6.45) is 0. The Kier molecular flexibility index (Phi) is 4.65. The summed E-state index contributed by atoms with van der Waals surface area (Å²) in [5, 5.41) is 0. The first-order valence-corrected chi connectivity index (χ1v) is 7.97. The zero-order valence-electron chi connectivity index (χ0n) is 12.1. The summed E-state index contributed by atoms with van der Waals surface area (Å²) in [7, 11) is -2.59. The van der Waals surface area contributed by atoms with Gasteiger partial charge in [-0.3, -0.25) is 4.31 Å². The largest absolute Gasteiger partial charge is 0.494 e. The Morgan fingerprint density at radius 1 is 1.05 bits per heavy atom. The van der Waals surface area contributed by atoms with Gasteiger partial charge in [0.05, 0.1) is 17.2 Å². The van der Waals surface area contributed by atoms with Crippen molar-refractivity contribution in [2.75, 3.05) is 18.0 Å². The SMILES string of the molecule is CCOc1ccc(S(=O)(=O)N(C)c2ccc(F)c(F)c2)cc1. The van der Waals surface area contributed by atoms with E-state index in [2.05, 4.69) is 0 Å². The molecule has 0 aliphatic rings. The molecule has 0 saturated carbocycles. The predicted molar refractivity (Wildman–Crippen MR) is 79.6 cm³/mol. The number of sulfonamides is 1. The molecule has 0 spiro atoms. The maximum Gasteiger partial charge on any atom is 0.264 e. The summed E-state index contributed by atoms with van der Waals surface area (Å²) in [6, 6.07) is 8.79. The molecule has 0 saturated heterocycles. The van der Waals surface area contributed by atoms with E-state index in [4.69, 9.17) is 4.74 Å². The van der Waals surface area contributed by atoms with Crippen molar-refractivity contribution in [3.63, 3.8) is 0 Å². The minimum atomic E-state index is -3.86. The van der Waals surface area contributed by atoms with Crippen molar-refractivity contribution in [3.05, 3.63) is 54.1 Å². The highest BCUT2D eigenvalue weighted by atomic mass is 32.2. The van der Waals surface area contributed by atoms with Crippen LogP contribution in [0.3, 0.4) is 0 Å². The maximum atomic E-state index is 13.3. The van der Waals surface area contributed by atoms with Crippen molar-refractivity contribution in [3.8, 4) is 5.75 Å². The van der Waals surface area contributed by atoms with Gasteiger partial charge in [-0.05, 0) is 43.3 Å². The molecule has 0 aliphatic heterocycles. The monoisotopic (exact) mass is 327 g/mol. The van der Waals surface area contributed by atoms with Gasteiger partial charge in [-0.1, -0.05) is 0 Å². The van der Waals surface area contributed by atoms with Crippen LogP contribution in [0.1, 0.15) is 6.92 Å². The summed E-state index contributed by atoms with van der Waals surface area (Å²) in [5.41, 5.74) is 0.0350. The van der Waals surface area contributed by atoms with Crippen molar-refractivity contribution >= 4 is 15.7 Å². The second-order valence-electron chi connectivity index (χ2n) is 4.48. The number of ether oxygens (including phenoxy) is 1. The molecular weight excluding hydrogens is 312 g/mol. The van der Waals surface area contributed by atoms with Gasteiger partial charge in [0.1, 0.15) is 5.75 Å². The molecule has 0 atom stereocenters. The zero-order valence-corrected chi connectivity index (χ0v) is 12.9. The lowest BCUT2D eigenvalue weighted by molar-refractivity contribution is 0.340. The molecule has 22 heavy (non-hydrogen) atoms. The number of hydrogen-bond donors (Lipinski definition) is 0. The lowest BCUT2D eigenvalue weighted by atomic mass is 10.3. The smallest absolute Gasteiger partial charge is 0.264 e. The summed E-state index contributed by atoms with van der Waals surface area (Å²) < 4.78 is 57.3. The molecule has 118 valence electrons. The Bertz CT molecular complexity index is 761. The van der Waals surface area contributed by atoms with Gasteiger partial charge in [0, 0.05) is 13.1 Å². The van der Waals surface area contributed by atoms with E-state index in [1.807, 2.05) is 6.92 Å². The third kappa shape index (κ3) is 3.19. The summed E-state index contributed by atoms with van der Waals surface area (Å²) in [5.74, 6) is -1.58. The molecule has 2 aromatic rings. The maximum absolute atomic E-state index is 13.3. The highest BCUT2D eigenvalue weighted by molar-refractivity contribution is 7.92. The Hall–Kier alpha value is -2.15. The summed E-state index contributed by atoms with van der Waals surface area (Å²) in [4.78, 5) is 0.0307. The van der Waals surface area contributed by atoms with Crippen molar-refractivity contribution in [2.45, 2.75) is 11.8 Å². The number of rotatable bonds is 5. The first-order chi connectivity index (χ1) is 10.4. The van der Waals surface area contributed by atoms with Crippen LogP contribution < -0.4 is 9.04 Å². The third-order valence-corrected chi connectivity index (χ3v) is 4.86. The number of halogens is 2. The number of hydrogen-bond acceptors (Lipinski definition) is 3. The van der Waals surface area contributed by atoms with Crippen LogP contribution in [0.15, 0.2) is 47.4 Å². The summed E-state index contributed by atoms with van der Waals surface area (Å²) in [6.45, 7) is 2.29. The van der Waals surface area contributed by atoms with E-state index in [1.54, 1.807) is 0 Å². The molecule has 0 aromatic heterocycles. The molecule has 4 nitrogen and oxygen atoms in total. The molecule has 0 bridgehead atoms. The minimum absolute atomic E-state index is 0.0307. The van der Waals surface area contributed by atoms with Gasteiger partial charge in [-0.2, -0.15) is 0 Å². The van der Waals surface area contributed by atoms with Crippen LogP contribution in [0, 0.1) is 11.6 Å². The van der Waals surface area contributed by atoms with Crippen molar-refractivity contribution < 1.29 is 21.9 Å². The Morgan fingerprint density at radius 3 is 2.23 bits per heavy atom. The van der Waals surface area contributed by atoms with Crippen LogP contribution in [0.4, 0.5) is 14.5 Å². The Balaban J connectivity index is 2.34. The normalized spacial score (nSPS) is 11.3. The van der Waals surface area contributed by atoms with Crippen LogP contribution in [-0.4, -0.2) is 22.1 Å². The average Bonchev–Trinajstić information content (AvgIpc) is 2.50. The van der Waals surface area contributed by atoms with Crippen molar-refractivity contribution in [1.29, 1.82) is 0 Å². The summed E-state index contributed by atoms with van der Waals surface area (Å²) >= 11 is 0. The fourth-order valence-electron chi connectivity index (χ4n) is 1.85. The molecule has 0 unspecified atom stereocenters.